The number of nitrogens with zero attached hydrogens (tertiary/aromatic N) is 2. The van der Waals surface area contributed by atoms with E-state index in [4.69, 9.17) is 4.74 Å². The zero-order valence-corrected chi connectivity index (χ0v) is 19.9. The number of hydrogen-bond donors (Lipinski definition) is 1. The number of carbonyl (C=O) groups excluding carboxylic acids is 1. The standard InChI is InChI=1S/C24H25N3O4S2/c1-2-26-11-13-27(14-12-26)33(29,30)19-9-7-18(8-10-19)25-24(28)22-15-17-16-31-21-6-4-3-5-20(21)23(17)32-22/h3-10,15H,2,11-14,16H2,1H3,(H,25,28). The van der Waals surface area contributed by atoms with Crippen molar-refractivity contribution in [2.75, 3.05) is 38.0 Å². The molecule has 1 fully saturated rings. The number of amides is 1. The van der Waals surface area contributed by atoms with Crippen LogP contribution in [0.15, 0.2) is 59.5 Å². The average molecular weight is 484 g/mol. The van der Waals surface area contributed by atoms with Crippen LogP contribution in [0.5, 0.6) is 5.75 Å². The fourth-order valence-corrected chi connectivity index (χ4v) is 6.66. The van der Waals surface area contributed by atoms with Crippen molar-refractivity contribution in [3.8, 4) is 16.2 Å². The zero-order valence-electron chi connectivity index (χ0n) is 18.3. The van der Waals surface area contributed by atoms with E-state index < -0.39 is 10.0 Å². The number of benzene rings is 2. The maximum Gasteiger partial charge on any atom is 0.265 e. The fourth-order valence-electron chi connectivity index (χ4n) is 4.15. The first kappa shape index (κ1) is 22.1. The van der Waals surface area contributed by atoms with E-state index in [1.54, 1.807) is 24.3 Å². The number of para-hydroxylation sites is 1. The van der Waals surface area contributed by atoms with Gasteiger partial charge in [0.2, 0.25) is 10.0 Å². The summed E-state index contributed by atoms with van der Waals surface area (Å²) < 4.78 is 33.2. The predicted octanol–water partition coefficient (Wildman–Crippen LogP) is 3.89. The van der Waals surface area contributed by atoms with Crippen LogP contribution in [0.25, 0.3) is 10.4 Å². The highest BCUT2D eigenvalue weighted by Crippen LogP contribution is 2.42. The van der Waals surface area contributed by atoms with Crippen LogP contribution in [-0.4, -0.2) is 56.3 Å². The molecule has 0 radical (unpaired) electrons. The number of ether oxygens (including phenoxy) is 1. The van der Waals surface area contributed by atoms with Crippen LogP contribution in [0.3, 0.4) is 0 Å². The minimum atomic E-state index is -3.54. The van der Waals surface area contributed by atoms with Crippen LogP contribution in [-0.2, 0) is 16.6 Å². The number of hydrogen-bond acceptors (Lipinski definition) is 6. The van der Waals surface area contributed by atoms with Crippen LogP contribution in [0, 0.1) is 0 Å². The Labute approximate surface area is 197 Å². The molecule has 1 saturated heterocycles. The van der Waals surface area contributed by atoms with Crippen molar-refractivity contribution in [1.29, 1.82) is 0 Å². The number of likely N-dealkylation sites (N-methyl/N-ethyl adjacent to an activating group) is 1. The largest absolute Gasteiger partial charge is 0.488 e. The van der Waals surface area contributed by atoms with E-state index in [1.807, 2.05) is 30.3 Å². The molecular formula is C24H25N3O4S2. The van der Waals surface area contributed by atoms with Crippen LogP contribution >= 0.6 is 11.3 Å². The third kappa shape index (κ3) is 4.29. The molecule has 3 aromatic rings. The lowest BCUT2D eigenvalue weighted by Gasteiger charge is -2.33. The van der Waals surface area contributed by atoms with E-state index >= 15 is 0 Å². The van der Waals surface area contributed by atoms with E-state index in [0.29, 0.717) is 30.3 Å². The molecule has 0 atom stereocenters. The Morgan fingerprint density at radius 1 is 1.06 bits per heavy atom. The van der Waals surface area contributed by atoms with Gasteiger partial charge in [0.05, 0.1) is 9.77 Å². The second-order valence-corrected chi connectivity index (χ2v) is 11.1. The van der Waals surface area contributed by atoms with Gasteiger partial charge in [-0.05, 0) is 49.0 Å². The molecule has 172 valence electrons. The topological polar surface area (TPSA) is 79.0 Å². The summed E-state index contributed by atoms with van der Waals surface area (Å²) in [6.07, 6.45) is 0. The van der Waals surface area contributed by atoms with Crippen molar-refractivity contribution in [3.63, 3.8) is 0 Å². The summed E-state index contributed by atoms with van der Waals surface area (Å²) in [6, 6.07) is 16.1. The Bertz CT molecular complexity index is 1280. The minimum absolute atomic E-state index is 0.224. The van der Waals surface area contributed by atoms with Crippen molar-refractivity contribution >= 4 is 33.0 Å². The SMILES string of the molecule is CCN1CCN(S(=O)(=O)c2ccc(NC(=O)c3cc4c(s3)-c3ccccc3OC4)cc2)CC1. The number of sulfonamides is 1. The first-order chi connectivity index (χ1) is 16.0. The van der Waals surface area contributed by atoms with Gasteiger partial charge in [0, 0.05) is 47.9 Å². The van der Waals surface area contributed by atoms with Gasteiger partial charge in [-0.2, -0.15) is 4.31 Å². The molecule has 1 N–H and O–H groups in total. The van der Waals surface area contributed by atoms with E-state index in [9.17, 15) is 13.2 Å². The van der Waals surface area contributed by atoms with Gasteiger partial charge in [0.1, 0.15) is 12.4 Å². The summed E-state index contributed by atoms with van der Waals surface area (Å²) in [5.41, 5.74) is 2.54. The lowest BCUT2D eigenvalue weighted by molar-refractivity contribution is 0.103. The molecule has 1 amide bonds. The molecule has 9 heteroatoms. The maximum atomic E-state index is 13.0. The van der Waals surface area contributed by atoms with Crippen LogP contribution in [0.2, 0.25) is 0 Å². The summed E-state index contributed by atoms with van der Waals surface area (Å²) in [7, 11) is -3.54. The van der Waals surface area contributed by atoms with Crippen molar-refractivity contribution in [1.82, 2.24) is 9.21 Å². The molecule has 3 heterocycles. The van der Waals surface area contributed by atoms with Crippen LogP contribution < -0.4 is 10.1 Å². The summed E-state index contributed by atoms with van der Waals surface area (Å²) in [6.45, 7) is 5.91. The van der Waals surface area contributed by atoms with Gasteiger partial charge in [0.25, 0.3) is 5.91 Å². The van der Waals surface area contributed by atoms with Gasteiger partial charge in [-0.3, -0.25) is 4.79 Å². The van der Waals surface area contributed by atoms with Gasteiger partial charge < -0.3 is 15.0 Å². The molecule has 0 spiro atoms. The van der Waals surface area contributed by atoms with Gasteiger partial charge >= 0.3 is 0 Å². The molecule has 2 aromatic carbocycles. The van der Waals surface area contributed by atoms with E-state index in [-0.39, 0.29) is 10.8 Å². The smallest absolute Gasteiger partial charge is 0.265 e. The van der Waals surface area contributed by atoms with Gasteiger partial charge in [0.15, 0.2) is 0 Å². The molecule has 2 aliphatic heterocycles. The summed E-state index contributed by atoms with van der Waals surface area (Å²) >= 11 is 1.43. The third-order valence-electron chi connectivity index (χ3n) is 6.08. The number of rotatable bonds is 5. The highest BCUT2D eigenvalue weighted by Gasteiger charge is 2.28. The Morgan fingerprint density at radius 3 is 2.52 bits per heavy atom. The Balaban J connectivity index is 1.29. The Hall–Kier alpha value is -2.72. The third-order valence-corrected chi connectivity index (χ3v) is 9.20. The second-order valence-electron chi connectivity index (χ2n) is 8.07. The molecule has 5 rings (SSSR count). The lowest BCUT2D eigenvalue weighted by Crippen LogP contribution is -2.48. The molecule has 33 heavy (non-hydrogen) atoms. The van der Waals surface area contributed by atoms with Crippen molar-refractivity contribution in [2.45, 2.75) is 18.4 Å². The number of thiophene rings is 1. The Kier molecular flexibility index (Phi) is 5.96. The predicted molar refractivity (Wildman–Crippen MR) is 129 cm³/mol. The molecule has 1 aromatic heterocycles. The first-order valence-electron chi connectivity index (χ1n) is 10.9. The van der Waals surface area contributed by atoms with Crippen LogP contribution in [0.4, 0.5) is 5.69 Å². The van der Waals surface area contributed by atoms with Gasteiger partial charge in [-0.1, -0.05) is 19.1 Å². The molecule has 0 bridgehead atoms. The highest BCUT2D eigenvalue weighted by atomic mass is 32.2. The van der Waals surface area contributed by atoms with Crippen molar-refractivity contribution in [3.05, 3.63) is 65.0 Å². The fraction of sp³-hybridized carbons (Fsp3) is 0.292. The van der Waals surface area contributed by atoms with Gasteiger partial charge in [-0.15, -0.1) is 11.3 Å². The average Bonchev–Trinajstić information content (AvgIpc) is 3.30. The number of anilines is 1. The molecule has 0 saturated carbocycles. The molecule has 2 aliphatic rings. The maximum absolute atomic E-state index is 13.0. The normalized spacial score (nSPS) is 16.5. The van der Waals surface area contributed by atoms with E-state index in [0.717, 1.165) is 41.4 Å². The van der Waals surface area contributed by atoms with Crippen molar-refractivity contribution in [2.24, 2.45) is 0 Å². The van der Waals surface area contributed by atoms with Crippen LogP contribution in [0.1, 0.15) is 22.2 Å². The minimum Gasteiger partial charge on any atom is -0.488 e. The van der Waals surface area contributed by atoms with E-state index in [2.05, 4.69) is 17.1 Å². The molecule has 7 nitrogen and oxygen atoms in total. The lowest BCUT2D eigenvalue weighted by atomic mass is 10.1. The Morgan fingerprint density at radius 2 is 1.79 bits per heavy atom. The monoisotopic (exact) mass is 483 g/mol. The summed E-state index contributed by atoms with van der Waals surface area (Å²) in [4.78, 5) is 17.0. The quantitative estimate of drug-likeness (QED) is 0.596. The molecule has 0 aliphatic carbocycles. The highest BCUT2D eigenvalue weighted by molar-refractivity contribution is 7.89. The summed E-state index contributed by atoms with van der Waals surface area (Å²) in [5.74, 6) is 0.602. The zero-order chi connectivity index (χ0) is 23.0. The second kappa shape index (κ2) is 8.90. The number of nitrogens with one attached hydrogen (secondary N) is 1. The summed E-state index contributed by atoms with van der Waals surface area (Å²) in [5, 5.41) is 2.88. The molecule has 0 unspecified atom stereocenters. The number of carbonyl (C=O) groups is 1. The van der Waals surface area contributed by atoms with Crippen molar-refractivity contribution < 1.29 is 17.9 Å². The van der Waals surface area contributed by atoms with E-state index in [1.165, 1.54) is 15.6 Å². The van der Waals surface area contributed by atoms with Gasteiger partial charge in [-0.25, -0.2) is 8.42 Å². The first-order valence-corrected chi connectivity index (χ1v) is 13.2. The number of piperazine rings is 1. The number of fused-ring (bicyclic) bond motifs is 3. The molecular weight excluding hydrogens is 458 g/mol.